The number of aliphatic hydroxyl groups excluding tert-OH is 1. The summed E-state index contributed by atoms with van der Waals surface area (Å²) in [7, 11) is 1.59. The fraction of sp³-hybridized carbons (Fsp3) is 0.444. The maximum absolute atomic E-state index is 14.0. The van der Waals surface area contributed by atoms with Crippen LogP contribution in [-0.2, 0) is 0 Å². The van der Waals surface area contributed by atoms with E-state index in [1.807, 2.05) is 20.8 Å². The fourth-order valence-corrected chi connectivity index (χ4v) is 3.74. The first-order chi connectivity index (χ1) is 17.1. The molecule has 0 unspecified atom stereocenters. The summed E-state index contributed by atoms with van der Waals surface area (Å²) >= 11 is 0. The SMILES string of the molecule is CC(C)C#Cc1cnc2c(c1)C(=O)N([C@@H](C)CO)C[C@@H](C)[C@H](CN(C)C(=O)Nc1ccccc1F)O2. The molecular weight excluding hydrogens is 463 g/mol. The molecule has 1 aromatic heterocycles. The lowest BCUT2D eigenvalue weighted by Crippen LogP contribution is -2.50. The maximum Gasteiger partial charge on any atom is 0.321 e. The van der Waals surface area contributed by atoms with Gasteiger partial charge in [-0.1, -0.05) is 44.7 Å². The Bertz CT molecular complexity index is 1160. The number of nitrogens with one attached hydrogen (secondary N) is 1. The zero-order valence-corrected chi connectivity index (χ0v) is 21.3. The number of likely N-dealkylation sites (N-methyl/N-ethyl adjacent to an activating group) is 1. The number of hydrogen-bond donors (Lipinski definition) is 2. The molecule has 192 valence electrons. The van der Waals surface area contributed by atoms with Crippen LogP contribution in [0, 0.1) is 29.5 Å². The van der Waals surface area contributed by atoms with Crippen LogP contribution in [0.25, 0.3) is 0 Å². The monoisotopic (exact) mass is 496 g/mol. The molecule has 1 aliphatic heterocycles. The minimum atomic E-state index is -0.531. The molecule has 36 heavy (non-hydrogen) atoms. The third-order valence-corrected chi connectivity index (χ3v) is 5.94. The van der Waals surface area contributed by atoms with Gasteiger partial charge in [0, 0.05) is 37.2 Å². The number of aliphatic hydroxyl groups is 1. The molecule has 2 heterocycles. The number of anilines is 1. The number of pyridine rings is 1. The van der Waals surface area contributed by atoms with Gasteiger partial charge in [0.1, 0.15) is 17.5 Å². The Kier molecular flexibility index (Phi) is 8.88. The highest BCUT2D eigenvalue weighted by Crippen LogP contribution is 2.27. The van der Waals surface area contributed by atoms with Crippen molar-refractivity contribution in [2.24, 2.45) is 11.8 Å². The van der Waals surface area contributed by atoms with Crippen molar-refractivity contribution in [3.05, 3.63) is 53.5 Å². The number of rotatable bonds is 5. The topological polar surface area (TPSA) is 95.0 Å². The van der Waals surface area contributed by atoms with Crippen LogP contribution in [0.3, 0.4) is 0 Å². The smallest absolute Gasteiger partial charge is 0.321 e. The molecular formula is C27H33FN4O4. The third kappa shape index (κ3) is 6.52. The van der Waals surface area contributed by atoms with E-state index in [1.54, 1.807) is 43.3 Å². The van der Waals surface area contributed by atoms with Crippen molar-refractivity contribution in [3.8, 4) is 17.7 Å². The molecule has 3 atom stereocenters. The quantitative estimate of drug-likeness (QED) is 0.617. The molecule has 3 rings (SSSR count). The van der Waals surface area contributed by atoms with E-state index in [-0.39, 0.29) is 48.0 Å². The molecule has 0 bridgehead atoms. The second-order valence-corrected chi connectivity index (χ2v) is 9.41. The van der Waals surface area contributed by atoms with Crippen molar-refractivity contribution >= 4 is 17.6 Å². The van der Waals surface area contributed by atoms with Crippen molar-refractivity contribution in [2.75, 3.05) is 32.1 Å². The van der Waals surface area contributed by atoms with Gasteiger partial charge >= 0.3 is 6.03 Å². The molecule has 0 saturated carbocycles. The highest BCUT2D eigenvalue weighted by atomic mass is 19.1. The molecule has 1 aromatic carbocycles. The fourth-order valence-electron chi connectivity index (χ4n) is 3.74. The Hall–Kier alpha value is -3.64. The van der Waals surface area contributed by atoms with Crippen molar-refractivity contribution in [3.63, 3.8) is 0 Å². The number of amides is 3. The number of para-hydroxylation sites is 1. The van der Waals surface area contributed by atoms with Gasteiger partial charge in [0.05, 0.1) is 24.9 Å². The van der Waals surface area contributed by atoms with E-state index in [0.717, 1.165) is 0 Å². The molecule has 2 N–H and O–H groups in total. The van der Waals surface area contributed by atoms with Gasteiger partial charge in [0.25, 0.3) is 5.91 Å². The Morgan fingerprint density at radius 2 is 2.08 bits per heavy atom. The second-order valence-electron chi connectivity index (χ2n) is 9.41. The normalized spacial score (nSPS) is 18.2. The number of nitrogens with zero attached hydrogens (tertiary/aromatic N) is 3. The Morgan fingerprint density at radius 1 is 1.36 bits per heavy atom. The minimum Gasteiger partial charge on any atom is -0.472 e. The highest BCUT2D eigenvalue weighted by molar-refractivity contribution is 5.97. The summed E-state index contributed by atoms with van der Waals surface area (Å²) in [6.45, 7) is 7.87. The van der Waals surface area contributed by atoms with Crippen molar-refractivity contribution in [1.82, 2.24) is 14.8 Å². The summed E-state index contributed by atoms with van der Waals surface area (Å²) in [6, 6.07) is 6.65. The number of carbonyl (C=O) groups excluding carboxylic acids is 2. The average Bonchev–Trinajstić information content (AvgIpc) is 2.85. The molecule has 0 fully saturated rings. The van der Waals surface area contributed by atoms with Gasteiger partial charge < -0.3 is 25.0 Å². The molecule has 9 heteroatoms. The molecule has 0 aliphatic carbocycles. The van der Waals surface area contributed by atoms with Crippen LogP contribution < -0.4 is 10.1 Å². The van der Waals surface area contributed by atoms with Crippen LogP contribution in [-0.4, -0.2) is 70.7 Å². The van der Waals surface area contributed by atoms with Gasteiger partial charge in [-0.3, -0.25) is 4.79 Å². The highest BCUT2D eigenvalue weighted by Gasteiger charge is 2.34. The number of halogens is 1. The lowest BCUT2D eigenvalue weighted by atomic mass is 10.00. The van der Waals surface area contributed by atoms with Gasteiger partial charge in [-0.05, 0) is 25.1 Å². The minimum absolute atomic E-state index is 0.0802. The Labute approximate surface area is 211 Å². The van der Waals surface area contributed by atoms with E-state index < -0.39 is 24.0 Å². The number of carbonyl (C=O) groups is 2. The first kappa shape index (κ1) is 27.0. The Balaban J connectivity index is 1.89. The average molecular weight is 497 g/mol. The van der Waals surface area contributed by atoms with E-state index in [9.17, 15) is 19.1 Å². The largest absolute Gasteiger partial charge is 0.472 e. The zero-order valence-electron chi connectivity index (χ0n) is 21.3. The first-order valence-corrected chi connectivity index (χ1v) is 12.0. The third-order valence-electron chi connectivity index (χ3n) is 5.94. The number of benzene rings is 1. The number of urea groups is 1. The maximum atomic E-state index is 14.0. The van der Waals surface area contributed by atoms with Crippen LogP contribution in [0.2, 0.25) is 0 Å². The van der Waals surface area contributed by atoms with Crippen LogP contribution in [0.1, 0.15) is 43.6 Å². The Morgan fingerprint density at radius 3 is 2.75 bits per heavy atom. The van der Waals surface area contributed by atoms with E-state index in [2.05, 4.69) is 22.1 Å². The molecule has 0 radical (unpaired) electrons. The number of hydrogen-bond acceptors (Lipinski definition) is 5. The van der Waals surface area contributed by atoms with E-state index in [0.29, 0.717) is 12.1 Å². The summed E-state index contributed by atoms with van der Waals surface area (Å²) < 4.78 is 20.2. The summed E-state index contributed by atoms with van der Waals surface area (Å²) in [6.07, 6.45) is 1.03. The van der Waals surface area contributed by atoms with Gasteiger partial charge in [-0.15, -0.1) is 0 Å². The summed E-state index contributed by atoms with van der Waals surface area (Å²) in [5, 5.41) is 12.4. The summed E-state index contributed by atoms with van der Waals surface area (Å²) in [4.78, 5) is 33.6. The van der Waals surface area contributed by atoms with Gasteiger partial charge in [-0.25, -0.2) is 14.2 Å². The molecule has 8 nitrogen and oxygen atoms in total. The number of aromatic nitrogens is 1. The molecule has 0 saturated heterocycles. The summed E-state index contributed by atoms with van der Waals surface area (Å²) in [5.41, 5.74) is 0.917. The van der Waals surface area contributed by atoms with Gasteiger partial charge in [-0.2, -0.15) is 0 Å². The molecule has 3 amide bonds. The van der Waals surface area contributed by atoms with Crippen LogP contribution >= 0.6 is 0 Å². The van der Waals surface area contributed by atoms with E-state index in [4.69, 9.17) is 4.74 Å². The predicted octanol–water partition coefficient (Wildman–Crippen LogP) is 3.61. The molecule has 1 aliphatic rings. The molecule has 2 aromatic rings. The van der Waals surface area contributed by atoms with E-state index in [1.165, 1.54) is 17.0 Å². The van der Waals surface area contributed by atoms with E-state index >= 15 is 0 Å². The lowest BCUT2D eigenvalue weighted by molar-refractivity contribution is 0.0356. The predicted molar refractivity (Wildman–Crippen MR) is 135 cm³/mol. The van der Waals surface area contributed by atoms with Crippen molar-refractivity contribution < 1.29 is 23.8 Å². The number of ether oxygens (including phenoxy) is 1. The van der Waals surface area contributed by atoms with Gasteiger partial charge in [0.2, 0.25) is 5.88 Å². The van der Waals surface area contributed by atoms with Crippen molar-refractivity contribution in [2.45, 2.75) is 39.8 Å². The number of fused-ring (bicyclic) bond motifs is 1. The second kappa shape index (κ2) is 11.9. The van der Waals surface area contributed by atoms with Crippen LogP contribution in [0.15, 0.2) is 36.5 Å². The van der Waals surface area contributed by atoms with Crippen LogP contribution in [0.4, 0.5) is 14.9 Å². The van der Waals surface area contributed by atoms with Crippen molar-refractivity contribution in [1.29, 1.82) is 0 Å². The van der Waals surface area contributed by atoms with Crippen LogP contribution in [0.5, 0.6) is 5.88 Å². The zero-order chi connectivity index (χ0) is 26.4. The van der Waals surface area contributed by atoms with Gasteiger partial charge in [0.15, 0.2) is 0 Å². The first-order valence-electron chi connectivity index (χ1n) is 12.0. The standard InChI is InChI=1S/C27H33FN4O4/c1-17(2)10-11-20-12-21-25(29-13-20)36-24(18(3)14-32(26(21)34)19(4)16-33)15-31(5)27(35)30-23-9-7-6-8-22(23)28/h6-9,12-13,17-19,24,33H,14-16H2,1-5H3,(H,30,35)/t18-,19+,24+/m1/s1. The summed E-state index contributed by atoms with van der Waals surface area (Å²) in [5.74, 6) is 5.34. The lowest BCUT2D eigenvalue weighted by Gasteiger charge is -2.37. The molecule has 0 spiro atoms.